The van der Waals surface area contributed by atoms with Gasteiger partial charge in [-0.25, -0.2) is 9.97 Å². The van der Waals surface area contributed by atoms with E-state index >= 15 is 0 Å². The van der Waals surface area contributed by atoms with Gasteiger partial charge in [-0.3, -0.25) is 0 Å². The first-order valence-electron chi connectivity index (χ1n) is 7.57. The molecule has 0 aliphatic rings. The highest BCUT2D eigenvalue weighted by atomic mass is 35.5. The molecule has 1 N–H and O–H groups in total. The topological polar surface area (TPSA) is 55.7 Å². The van der Waals surface area contributed by atoms with Crippen molar-refractivity contribution < 1.29 is 4.74 Å². The van der Waals surface area contributed by atoms with Gasteiger partial charge >= 0.3 is 0 Å². The maximum absolute atomic E-state index is 6.39. The first-order chi connectivity index (χ1) is 11.8. The number of ether oxygens (including phenoxy) is 1. The molecule has 0 fully saturated rings. The molecule has 0 saturated carbocycles. The van der Waals surface area contributed by atoms with Crippen LogP contribution in [0.2, 0.25) is 5.02 Å². The molecule has 24 heavy (non-hydrogen) atoms. The summed E-state index contributed by atoms with van der Waals surface area (Å²) in [6.07, 6.45) is 4.88. The van der Waals surface area contributed by atoms with Crippen LogP contribution < -0.4 is 0 Å². The van der Waals surface area contributed by atoms with Gasteiger partial charge < -0.3 is 14.3 Å². The lowest BCUT2D eigenvalue weighted by atomic mass is 10.1. The standard InChI is InChI=1S/C18H15ClN4O/c19-14-6-2-1-5-13(14)17(24-12-23-10-9-20-11-23)18-21-15-7-3-4-8-16(15)22-18/h1-11,17H,12H2,(H,21,22). The summed E-state index contributed by atoms with van der Waals surface area (Å²) >= 11 is 6.39. The lowest BCUT2D eigenvalue weighted by Gasteiger charge is -2.17. The van der Waals surface area contributed by atoms with Crippen LogP contribution in [0.4, 0.5) is 0 Å². The van der Waals surface area contributed by atoms with Gasteiger partial charge in [0.05, 0.1) is 17.4 Å². The number of benzene rings is 2. The molecule has 0 amide bonds. The third kappa shape index (κ3) is 2.91. The van der Waals surface area contributed by atoms with Crippen molar-refractivity contribution in [2.24, 2.45) is 0 Å². The smallest absolute Gasteiger partial charge is 0.144 e. The Kier molecular flexibility index (Phi) is 4.02. The second kappa shape index (κ2) is 6.47. The maximum atomic E-state index is 6.39. The number of halogens is 1. The molecule has 120 valence electrons. The molecular formula is C18H15ClN4O. The Hall–Kier alpha value is -2.63. The highest BCUT2D eigenvalue weighted by Crippen LogP contribution is 2.31. The fourth-order valence-corrected chi connectivity index (χ4v) is 2.86. The number of hydrogen-bond acceptors (Lipinski definition) is 3. The van der Waals surface area contributed by atoms with Crippen LogP contribution in [0.25, 0.3) is 11.0 Å². The molecule has 2 aromatic heterocycles. The molecule has 0 aliphatic carbocycles. The summed E-state index contributed by atoms with van der Waals surface area (Å²) in [4.78, 5) is 12.0. The van der Waals surface area contributed by atoms with Gasteiger partial charge in [-0.1, -0.05) is 41.9 Å². The zero-order chi connectivity index (χ0) is 16.4. The number of fused-ring (bicyclic) bond motifs is 1. The summed E-state index contributed by atoms with van der Waals surface area (Å²) in [7, 11) is 0. The minimum absolute atomic E-state index is 0.354. The van der Waals surface area contributed by atoms with Gasteiger partial charge in [-0.2, -0.15) is 0 Å². The molecule has 2 heterocycles. The van der Waals surface area contributed by atoms with Gasteiger partial charge in [-0.15, -0.1) is 0 Å². The van der Waals surface area contributed by atoms with E-state index in [0.29, 0.717) is 11.8 Å². The number of aromatic nitrogens is 4. The fourth-order valence-electron chi connectivity index (χ4n) is 2.62. The van der Waals surface area contributed by atoms with Crippen LogP contribution >= 0.6 is 11.6 Å². The molecule has 1 atom stereocenters. The van der Waals surface area contributed by atoms with E-state index in [1.807, 2.05) is 59.3 Å². The van der Waals surface area contributed by atoms with E-state index in [2.05, 4.69) is 15.0 Å². The van der Waals surface area contributed by atoms with Gasteiger partial charge in [0, 0.05) is 23.0 Å². The Bertz CT molecular complexity index is 915. The molecule has 0 radical (unpaired) electrons. The van der Waals surface area contributed by atoms with Crippen LogP contribution in [-0.4, -0.2) is 19.5 Å². The van der Waals surface area contributed by atoms with Gasteiger partial charge in [-0.05, 0) is 18.2 Å². The summed E-state index contributed by atoms with van der Waals surface area (Å²) in [5.41, 5.74) is 2.74. The molecular weight excluding hydrogens is 324 g/mol. The maximum Gasteiger partial charge on any atom is 0.144 e. The number of aromatic amines is 1. The Balaban J connectivity index is 1.73. The van der Waals surface area contributed by atoms with Crippen LogP contribution in [0.3, 0.4) is 0 Å². The van der Waals surface area contributed by atoms with Crippen LogP contribution in [0.15, 0.2) is 67.3 Å². The zero-order valence-corrected chi connectivity index (χ0v) is 13.5. The number of para-hydroxylation sites is 2. The molecule has 4 rings (SSSR count). The summed E-state index contributed by atoms with van der Waals surface area (Å²) in [5.74, 6) is 0.726. The quantitative estimate of drug-likeness (QED) is 0.594. The highest BCUT2D eigenvalue weighted by molar-refractivity contribution is 6.31. The number of rotatable bonds is 5. The van der Waals surface area contributed by atoms with Crippen LogP contribution in [0.5, 0.6) is 0 Å². The molecule has 0 saturated heterocycles. The molecule has 1 unspecified atom stereocenters. The summed E-state index contributed by atoms with van der Waals surface area (Å²) in [6, 6.07) is 15.5. The molecule has 0 aliphatic heterocycles. The van der Waals surface area contributed by atoms with Crippen LogP contribution in [-0.2, 0) is 11.5 Å². The Labute approximate surface area is 143 Å². The number of imidazole rings is 2. The van der Waals surface area contributed by atoms with Crippen molar-refractivity contribution in [2.75, 3.05) is 0 Å². The Morgan fingerprint density at radius 3 is 2.75 bits per heavy atom. The summed E-state index contributed by atoms with van der Waals surface area (Å²) in [5, 5.41) is 0.647. The number of H-pyrrole nitrogens is 1. The van der Waals surface area contributed by atoms with Crippen molar-refractivity contribution in [2.45, 2.75) is 12.8 Å². The summed E-state index contributed by atoms with van der Waals surface area (Å²) in [6.45, 7) is 0.354. The predicted octanol–water partition coefficient (Wildman–Crippen LogP) is 4.18. The SMILES string of the molecule is Clc1ccccc1C(OCn1ccnc1)c1nc2ccccc2[nH]1. The van der Waals surface area contributed by atoms with Crippen molar-refractivity contribution in [3.8, 4) is 0 Å². The van der Waals surface area contributed by atoms with Gasteiger partial charge in [0.25, 0.3) is 0 Å². The molecule has 4 aromatic rings. The van der Waals surface area contributed by atoms with Crippen molar-refractivity contribution in [1.29, 1.82) is 0 Å². The van der Waals surface area contributed by atoms with E-state index in [0.717, 1.165) is 22.4 Å². The van der Waals surface area contributed by atoms with Crippen molar-refractivity contribution in [3.05, 3.63) is 83.7 Å². The normalized spacial score (nSPS) is 12.5. The lowest BCUT2D eigenvalue weighted by Crippen LogP contribution is -2.11. The minimum atomic E-state index is -0.395. The molecule has 5 nitrogen and oxygen atoms in total. The van der Waals surface area contributed by atoms with Gasteiger partial charge in [0.15, 0.2) is 0 Å². The largest absolute Gasteiger partial charge is 0.345 e. The van der Waals surface area contributed by atoms with E-state index in [1.165, 1.54) is 0 Å². The molecule has 0 bridgehead atoms. The first-order valence-corrected chi connectivity index (χ1v) is 7.95. The monoisotopic (exact) mass is 338 g/mol. The lowest BCUT2D eigenvalue weighted by molar-refractivity contribution is 0.0249. The van der Waals surface area contributed by atoms with Gasteiger partial charge in [0.2, 0.25) is 0 Å². The molecule has 0 spiro atoms. The van der Waals surface area contributed by atoms with E-state index in [1.54, 1.807) is 12.5 Å². The Morgan fingerprint density at radius 1 is 1.12 bits per heavy atom. The Morgan fingerprint density at radius 2 is 1.96 bits per heavy atom. The zero-order valence-electron chi connectivity index (χ0n) is 12.8. The van der Waals surface area contributed by atoms with Crippen LogP contribution in [0.1, 0.15) is 17.5 Å². The number of nitrogens with zero attached hydrogens (tertiary/aromatic N) is 3. The first kappa shape index (κ1) is 14.9. The number of nitrogens with one attached hydrogen (secondary N) is 1. The van der Waals surface area contributed by atoms with Crippen molar-refractivity contribution in [3.63, 3.8) is 0 Å². The average molecular weight is 339 g/mol. The van der Waals surface area contributed by atoms with Crippen LogP contribution in [0, 0.1) is 0 Å². The average Bonchev–Trinajstić information content (AvgIpc) is 3.25. The predicted molar refractivity (Wildman–Crippen MR) is 92.7 cm³/mol. The highest BCUT2D eigenvalue weighted by Gasteiger charge is 2.21. The summed E-state index contributed by atoms with van der Waals surface area (Å²) < 4.78 is 7.97. The van der Waals surface area contributed by atoms with E-state index in [9.17, 15) is 0 Å². The van der Waals surface area contributed by atoms with Gasteiger partial charge in [0.1, 0.15) is 18.7 Å². The van der Waals surface area contributed by atoms with Crippen molar-refractivity contribution in [1.82, 2.24) is 19.5 Å². The molecule has 2 aromatic carbocycles. The van der Waals surface area contributed by atoms with E-state index in [4.69, 9.17) is 16.3 Å². The third-order valence-electron chi connectivity index (χ3n) is 3.79. The second-order valence-electron chi connectivity index (χ2n) is 5.41. The molecule has 6 heteroatoms. The van der Waals surface area contributed by atoms with E-state index in [-0.39, 0.29) is 0 Å². The van der Waals surface area contributed by atoms with Crippen molar-refractivity contribution >= 4 is 22.6 Å². The minimum Gasteiger partial charge on any atom is -0.345 e. The fraction of sp³-hybridized carbons (Fsp3) is 0.111. The number of hydrogen-bond donors (Lipinski definition) is 1. The second-order valence-corrected chi connectivity index (χ2v) is 5.82. The van der Waals surface area contributed by atoms with E-state index < -0.39 is 6.10 Å². The third-order valence-corrected chi connectivity index (χ3v) is 4.14.